The fraction of sp³-hybridized carbons (Fsp3) is 0.500. The Kier molecular flexibility index (Phi) is 4.04. The van der Waals surface area contributed by atoms with Crippen molar-refractivity contribution in [2.75, 3.05) is 13.7 Å². The molecule has 0 aliphatic carbocycles. The van der Waals surface area contributed by atoms with Gasteiger partial charge in [0.2, 0.25) is 5.88 Å². The van der Waals surface area contributed by atoms with Crippen LogP contribution >= 0.6 is 0 Å². The number of ether oxygens (including phenoxy) is 2. The minimum Gasteiger partial charge on any atom is -0.477 e. The third kappa shape index (κ3) is 2.82. The predicted molar refractivity (Wildman–Crippen MR) is 55.5 cm³/mol. The van der Waals surface area contributed by atoms with Gasteiger partial charge in [0.25, 0.3) is 0 Å². The number of aryl methyl sites for hydroxylation is 1. The summed E-state index contributed by atoms with van der Waals surface area (Å²) < 4.78 is 9.85. The van der Waals surface area contributed by atoms with Gasteiger partial charge >= 0.3 is 5.97 Å². The summed E-state index contributed by atoms with van der Waals surface area (Å²) >= 11 is 0. The first-order valence-electron chi connectivity index (χ1n) is 4.81. The van der Waals surface area contributed by atoms with E-state index >= 15 is 0 Å². The molecule has 0 atom stereocenters. The molecule has 0 unspecified atom stereocenters. The van der Waals surface area contributed by atoms with E-state index < -0.39 is 5.97 Å². The van der Waals surface area contributed by atoms with Crippen LogP contribution in [-0.4, -0.2) is 35.7 Å². The molecular weight excluding hydrogens is 212 g/mol. The fourth-order valence-electron chi connectivity index (χ4n) is 1.15. The second kappa shape index (κ2) is 5.29. The summed E-state index contributed by atoms with van der Waals surface area (Å²) in [6, 6.07) is 0. The second-order valence-corrected chi connectivity index (χ2v) is 3.31. The molecule has 1 rings (SSSR count). The number of hydrogen-bond donors (Lipinski definition) is 1. The number of carbonyl (C=O) groups is 2. The molecule has 0 aliphatic heterocycles. The van der Waals surface area contributed by atoms with Crippen LogP contribution in [0, 0.1) is 6.92 Å². The van der Waals surface area contributed by atoms with Crippen LogP contribution in [-0.2, 0) is 9.53 Å². The van der Waals surface area contributed by atoms with Crippen molar-refractivity contribution in [1.82, 2.24) is 10.2 Å². The number of methoxy groups -OCH3 is 1. The highest BCUT2D eigenvalue weighted by Gasteiger charge is 2.19. The van der Waals surface area contributed by atoms with Crippen LogP contribution in [0.4, 0.5) is 0 Å². The monoisotopic (exact) mass is 226 g/mol. The molecule has 0 aliphatic rings. The Bertz CT molecular complexity index is 398. The van der Waals surface area contributed by atoms with E-state index in [1.165, 1.54) is 14.0 Å². The van der Waals surface area contributed by atoms with Gasteiger partial charge in [-0.3, -0.25) is 4.79 Å². The lowest BCUT2D eigenvalue weighted by atomic mass is 10.2. The first kappa shape index (κ1) is 12.2. The zero-order valence-electron chi connectivity index (χ0n) is 9.49. The van der Waals surface area contributed by atoms with E-state index in [0.717, 1.165) is 0 Å². The highest BCUT2D eigenvalue weighted by Crippen LogP contribution is 2.19. The van der Waals surface area contributed by atoms with Crippen molar-refractivity contribution in [3.05, 3.63) is 11.3 Å². The van der Waals surface area contributed by atoms with Crippen LogP contribution in [0.1, 0.15) is 29.4 Å². The number of aromatic nitrogens is 2. The van der Waals surface area contributed by atoms with Gasteiger partial charge < -0.3 is 9.47 Å². The van der Waals surface area contributed by atoms with Gasteiger partial charge in [-0.05, 0) is 13.8 Å². The summed E-state index contributed by atoms with van der Waals surface area (Å²) in [5.41, 5.74) is 0.774. The summed E-state index contributed by atoms with van der Waals surface area (Å²) in [6.07, 6.45) is 0.290. The number of rotatable bonds is 5. The number of nitrogens with one attached hydrogen (secondary N) is 1. The van der Waals surface area contributed by atoms with E-state index in [4.69, 9.17) is 4.74 Å². The van der Waals surface area contributed by atoms with Crippen molar-refractivity contribution in [1.29, 1.82) is 0 Å². The van der Waals surface area contributed by atoms with Gasteiger partial charge in [-0.25, -0.2) is 9.89 Å². The Morgan fingerprint density at radius 3 is 2.69 bits per heavy atom. The van der Waals surface area contributed by atoms with E-state index in [1.807, 2.05) is 0 Å². The number of ketones is 1. The second-order valence-electron chi connectivity index (χ2n) is 3.31. The summed E-state index contributed by atoms with van der Waals surface area (Å²) in [7, 11) is 1.29. The van der Waals surface area contributed by atoms with E-state index in [2.05, 4.69) is 14.9 Å². The molecule has 0 saturated carbocycles. The number of aromatic amines is 1. The van der Waals surface area contributed by atoms with E-state index in [1.54, 1.807) is 6.92 Å². The Hall–Kier alpha value is -1.85. The van der Waals surface area contributed by atoms with Gasteiger partial charge in [0.05, 0.1) is 19.4 Å². The molecular formula is C10H14N2O4. The molecule has 6 heteroatoms. The molecule has 1 N–H and O–H groups in total. The number of hydrogen-bond acceptors (Lipinski definition) is 5. The molecule has 16 heavy (non-hydrogen) atoms. The minimum absolute atomic E-state index is 0.0239. The van der Waals surface area contributed by atoms with E-state index in [9.17, 15) is 9.59 Å². The minimum atomic E-state index is -0.510. The maximum atomic E-state index is 11.4. The maximum absolute atomic E-state index is 11.4. The normalized spacial score (nSPS) is 9.94. The lowest BCUT2D eigenvalue weighted by Crippen LogP contribution is -2.08. The molecule has 0 saturated heterocycles. The average Bonchev–Trinajstić information content (AvgIpc) is 2.58. The standard InChI is InChI=1S/C10H14N2O4/c1-6(13)4-5-16-9-8(10(14)15-3)7(2)11-12-9/h4-5H2,1-3H3,(H,11,12). The van der Waals surface area contributed by atoms with Crippen LogP contribution in [0.15, 0.2) is 0 Å². The van der Waals surface area contributed by atoms with Crippen molar-refractivity contribution in [2.24, 2.45) is 0 Å². The SMILES string of the molecule is COC(=O)c1c(C)n[nH]c1OCCC(C)=O. The van der Waals surface area contributed by atoms with Gasteiger partial charge in [0.1, 0.15) is 11.3 Å². The zero-order chi connectivity index (χ0) is 12.1. The van der Waals surface area contributed by atoms with E-state index in [0.29, 0.717) is 12.1 Å². The van der Waals surface area contributed by atoms with Gasteiger partial charge in [-0.1, -0.05) is 0 Å². The molecule has 0 bridgehead atoms. The molecule has 1 aromatic heterocycles. The zero-order valence-corrected chi connectivity index (χ0v) is 9.49. The summed E-state index contributed by atoms with van der Waals surface area (Å²) in [5, 5.41) is 6.43. The van der Waals surface area contributed by atoms with Crippen molar-refractivity contribution in [2.45, 2.75) is 20.3 Å². The first-order chi connectivity index (χ1) is 7.56. The number of Topliss-reactive ketones (excluding diaryl/α,β-unsaturated/α-hetero) is 1. The summed E-state index contributed by atoms with van der Waals surface area (Å²) in [6.45, 7) is 3.35. The molecule has 0 radical (unpaired) electrons. The Morgan fingerprint density at radius 2 is 2.12 bits per heavy atom. The maximum Gasteiger partial charge on any atom is 0.345 e. The lowest BCUT2D eigenvalue weighted by molar-refractivity contribution is -0.117. The van der Waals surface area contributed by atoms with Crippen LogP contribution in [0.5, 0.6) is 5.88 Å². The van der Waals surface area contributed by atoms with Crippen LogP contribution < -0.4 is 4.74 Å². The molecule has 0 amide bonds. The van der Waals surface area contributed by atoms with E-state index in [-0.39, 0.29) is 23.8 Å². The third-order valence-corrected chi connectivity index (χ3v) is 2.00. The summed E-state index contributed by atoms with van der Waals surface area (Å²) in [4.78, 5) is 22.1. The first-order valence-corrected chi connectivity index (χ1v) is 4.81. The van der Waals surface area contributed by atoms with Crippen molar-refractivity contribution < 1.29 is 19.1 Å². The Morgan fingerprint density at radius 1 is 1.44 bits per heavy atom. The van der Waals surface area contributed by atoms with Crippen LogP contribution in [0.3, 0.4) is 0 Å². The highest BCUT2D eigenvalue weighted by molar-refractivity contribution is 5.93. The highest BCUT2D eigenvalue weighted by atomic mass is 16.5. The molecule has 1 aromatic rings. The molecule has 0 fully saturated rings. The largest absolute Gasteiger partial charge is 0.477 e. The van der Waals surface area contributed by atoms with Crippen LogP contribution in [0.2, 0.25) is 0 Å². The van der Waals surface area contributed by atoms with Crippen LogP contribution in [0.25, 0.3) is 0 Å². The van der Waals surface area contributed by atoms with Crippen molar-refractivity contribution >= 4 is 11.8 Å². The molecule has 0 spiro atoms. The lowest BCUT2D eigenvalue weighted by Gasteiger charge is -2.04. The number of carbonyl (C=O) groups excluding carboxylic acids is 2. The molecule has 6 nitrogen and oxygen atoms in total. The molecule has 88 valence electrons. The molecule has 0 aromatic carbocycles. The van der Waals surface area contributed by atoms with Gasteiger partial charge in [0.15, 0.2) is 0 Å². The average molecular weight is 226 g/mol. The smallest absolute Gasteiger partial charge is 0.345 e. The Labute approximate surface area is 92.9 Å². The topological polar surface area (TPSA) is 81.3 Å². The summed E-state index contributed by atoms with van der Waals surface area (Å²) in [5.74, 6) is -0.245. The predicted octanol–water partition coefficient (Wildman–Crippen LogP) is 0.863. The van der Waals surface area contributed by atoms with Crippen molar-refractivity contribution in [3.8, 4) is 5.88 Å². The third-order valence-electron chi connectivity index (χ3n) is 2.00. The number of esters is 1. The number of nitrogens with zero attached hydrogens (tertiary/aromatic N) is 1. The quantitative estimate of drug-likeness (QED) is 0.753. The van der Waals surface area contributed by atoms with Crippen molar-refractivity contribution in [3.63, 3.8) is 0 Å². The molecule has 1 heterocycles. The fourth-order valence-corrected chi connectivity index (χ4v) is 1.15. The van der Waals surface area contributed by atoms with Gasteiger partial charge in [-0.2, -0.15) is 5.10 Å². The van der Waals surface area contributed by atoms with Gasteiger partial charge in [0, 0.05) is 6.42 Å². The van der Waals surface area contributed by atoms with Gasteiger partial charge in [-0.15, -0.1) is 0 Å². The Balaban J connectivity index is 2.73. The number of H-pyrrole nitrogens is 1.